The van der Waals surface area contributed by atoms with Crippen LogP contribution in [0.2, 0.25) is 0 Å². The first kappa shape index (κ1) is 13.5. The van der Waals surface area contributed by atoms with Gasteiger partial charge >= 0.3 is 5.97 Å². The molecule has 0 aromatic carbocycles. The third-order valence-corrected chi connectivity index (χ3v) is 4.56. The molecule has 0 bridgehead atoms. The van der Waals surface area contributed by atoms with E-state index in [1.54, 1.807) is 11.8 Å². The Labute approximate surface area is 121 Å². The molecule has 1 N–H and O–H groups in total. The summed E-state index contributed by atoms with van der Waals surface area (Å²) in [4.78, 5) is 17.9. The number of aliphatic carboxylic acids is 1. The van der Waals surface area contributed by atoms with Gasteiger partial charge in [0.05, 0.1) is 5.69 Å². The van der Waals surface area contributed by atoms with Crippen LogP contribution in [-0.4, -0.2) is 49.5 Å². The molecule has 2 aromatic rings. The SMILES string of the molecule is Cc1ccc2nc(CN3CCSCC3C(=O)O)cn2c1. The molecule has 1 fully saturated rings. The van der Waals surface area contributed by atoms with E-state index in [1.807, 2.05) is 40.8 Å². The summed E-state index contributed by atoms with van der Waals surface area (Å²) < 4.78 is 2.00. The van der Waals surface area contributed by atoms with Crippen LogP contribution in [0, 0.1) is 6.92 Å². The van der Waals surface area contributed by atoms with Crippen LogP contribution in [-0.2, 0) is 11.3 Å². The van der Waals surface area contributed by atoms with Crippen LogP contribution in [0.15, 0.2) is 24.5 Å². The van der Waals surface area contributed by atoms with Gasteiger partial charge in [0, 0.05) is 37.0 Å². The highest BCUT2D eigenvalue weighted by molar-refractivity contribution is 7.99. The third kappa shape index (κ3) is 2.66. The molecular weight excluding hydrogens is 274 g/mol. The fourth-order valence-corrected chi connectivity index (χ4v) is 3.60. The van der Waals surface area contributed by atoms with Crippen LogP contribution in [0.3, 0.4) is 0 Å². The lowest BCUT2D eigenvalue weighted by atomic mass is 10.2. The second kappa shape index (κ2) is 5.46. The number of hydrogen-bond donors (Lipinski definition) is 1. The van der Waals surface area contributed by atoms with Gasteiger partial charge < -0.3 is 9.51 Å². The van der Waals surface area contributed by atoms with Gasteiger partial charge in [-0.05, 0) is 18.6 Å². The summed E-state index contributed by atoms with van der Waals surface area (Å²) in [5, 5.41) is 9.28. The van der Waals surface area contributed by atoms with E-state index in [-0.39, 0.29) is 0 Å². The number of nitrogens with zero attached hydrogens (tertiary/aromatic N) is 3. The average Bonchev–Trinajstić information content (AvgIpc) is 2.80. The molecule has 1 aliphatic heterocycles. The molecule has 106 valence electrons. The molecule has 1 saturated heterocycles. The molecule has 3 rings (SSSR count). The van der Waals surface area contributed by atoms with E-state index in [1.165, 1.54) is 5.56 Å². The molecule has 0 saturated carbocycles. The molecule has 1 unspecified atom stereocenters. The van der Waals surface area contributed by atoms with Gasteiger partial charge in [-0.1, -0.05) is 6.07 Å². The van der Waals surface area contributed by atoms with E-state index in [0.717, 1.165) is 23.6 Å². The minimum atomic E-state index is -0.739. The van der Waals surface area contributed by atoms with E-state index < -0.39 is 12.0 Å². The smallest absolute Gasteiger partial charge is 0.321 e. The van der Waals surface area contributed by atoms with Gasteiger partial charge in [0.15, 0.2) is 0 Å². The number of thioether (sulfide) groups is 1. The molecule has 0 aliphatic carbocycles. The number of pyridine rings is 1. The number of hydrogen-bond acceptors (Lipinski definition) is 4. The van der Waals surface area contributed by atoms with E-state index >= 15 is 0 Å². The van der Waals surface area contributed by atoms with Gasteiger partial charge in [0.2, 0.25) is 0 Å². The summed E-state index contributed by atoms with van der Waals surface area (Å²) in [7, 11) is 0. The van der Waals surface area contributed by atoms with E-state index in [4.69, 9.17) is 0 Å². The van der Waals surface area contributed by atoms with Crippen molar-refractivity contribution in [3.8, 4) is 0 Å². The van der Waals surface area contributed by atoms with Crippen molar-refractivity contribution >= 4 is 23.4 Å². The van der Waals surface area contributed by atoms with Crippen LogP contribution >= 0.6 is 11.8 Å². The normalized spacial score (nSPS) is 20.4. The van der Waals surface area contributed by atoms with Gasteiger partial charge in [-0.25, -0.2) is 4.98 Å². The van der Waals surface area contributed by atoms with Gasteiger partial charge in [-0.2, -0.15) is 11.8 Å². The van der Waals surface area contributed by atoms with Crippen molar-refractivity contribution in [3.05, 3.63) is 35.8 Å². The first-order chi connectivity index (χ1) is 9.63. The van der Waals surface area contributed by atoms with Crippen molar-refractivity contribution in [1.29, 1.82) is 0 Å². The zero-order valence-electron chi connectivity index (χ0n) is 11.3. The summed E-state index contributed by atoms with van der Waals surface area (Å²) in [6.45, 7) is 3.44. The average molecular weight is 291 g/mol. The molecule has 20 heavy (non-hydrogen) atoms. The molecule has 0 radical (unpaired) electrons. The number of carboxylic acids is 1. The van der Waals surface area contributed by atoms with Crippen molar-refractivity contribution in [2.24, 2.45) is 0 Å². The zero-order valence-corrected chi connectivity index (χ0v) is 12.1. The first-order valence-electron chi connectivity index (χ1n) is 6.62. The number of aryl methyl sites for hydroxylation is 1. The quantitative estimate of drug-likeness (QED) is 0.931. The van der Waals surface area contributed by atoms with E-state index in [2.05, 4.69) is 4.98 Å². The Balaban J connectivity index is 1.82. The topological polar surface area (TPSA) is 57.8 Å². The lowest BCUT2D eigenvalue weighted by Crippen LogP contribution is -2.46. The molecule has 0 spiro atoms. The maximum absolute atomic E-state index is 11.3. The Morgan fingerprint density at radius 2 is 2.35 bits per heavy atom. The summed E-state index contributed by atoms with van der Waals surface area (Å²) in [5.41, 5.74) is 3.01. The largest absolute Gasteiger partial charge is 0.480 e. The molecule has 3 heterocycles. The van der Waals surface area contributed by atoms with Crippen molar-refractivity contribution < 1.29 is 9.90 Å². The number of carboxylic acid groups (broad SMARTS) is 1. The Hall–Kier alpha value is -1.53. The number of aromatic nitrogens is 2. The first-order valence-corrected chi connectivity index (χ1v) is 7.78. The fourth-order valence-electron chi connectivity index (χ4n) is 2.49. The monoisotopic (exact) mass is 291 g/mol. The Bertz CT molecular complexity index is 640. The number of fused-ring (bicyclic) bond motifs is 1. The molecule has 0 amide bonds. The van der Waals surface area contributed by atoms with Crippen molar-refractivity contribution in [3.63, 3.8) is 0 Å². The second-order valence-corrected chi connectivity index (χ2v) is 6.25. The molecule has 6 heteroatoms. The summed E-state index contributed by atoms with van der Waals surface area (Å²) in [6.07, 6.45) is 4.02. The molecular formula is C14H17N3O2S. The molecule has 1 aliphatic rings. The maximum Gasteiger partial charge on any atom is 0.321 e. The van der Waals surface area contributed by atoms with Crippen LogP contribution in [0.25, 0.3) is 5.65 Å². The maximum atomic E-state index is 11.3. The summed E-state index contributed by atoms with van der Waals surface area (Å²) >= 11 is 1.70. The minimum Gasteiger partial charge on any atom is -0.480 e. The fraction of sp³-hybridized carbons (Fsp3) is 0.429. The summed E-state index contributed by atoms with van der Waals surface area (Å²) in [6, 6.07) is 3.61. The number of imidazole rings is 1. The number of carbonyl (C=O) groups is 1. The third-order valence-electron chi connectivity index (χ3n) is 3.54. The number of rotatable bonds is 3. The predicted octanol–water partition coefficient (Wildman–Crippen LogP) is 1.64. The van der Waals surface area contributed by atoms with Gasteiger partial charge in [-0.3, -0.25) is 9.69 Å². The highest BCUT2D eigenvalue weighted by atomic mass is 32.2. The van der Waals surface area contributed by atoms with Crippen molar-refractivity contribution in [2.45, 2.75) is 19.5 Å². The molecule has 2 aromatic heterocycles. The van der Waals surface area contributed by atoms with Crippen LogP contribution < -0.4 is 0 Å². The highest BCUT2D eigenvalue weighted by Crippen LogP contribution is 2.19. The van der Waals surface area contributed by atoms with Crippen LogP contribution in [0.4, 0.5) is 0 Å². The van der Waals surface area contributed by atoms with Gasteiger partial charge in [-0.15, -0.1) is 0 Å². The molecule has 5 nitrogen and oxygen atoms in total. The van der Waals surface area contributed by atoms with Crippen molar-refractivity contribution in [1.82, 2.24) is 14.3 Å². The second-order valence-electron chi connectivity index (χ2n) is 5.10. The van der Waals surface area contributed by atoms with Crippen molar-refractivity contribution in [2.75, 3.05) is 18.1 Å². The standard InChI is InChI=1S/C14H17N3O2S/c1-10-2-3-13-15-11(8-17(13)6-10)7-16-4-5-20-9-12(16)14(18)19/h2-3,6,8,12H,4-5,7,9H2,1H3,(H,18,19). The van der Waals surface area contributed by atoms with Crippen LogP contribution in [0.5, 0.6) is 0 Å². The van der Waals surface area contributed by atoms with E-state index in [9.17, 15) is 9.90 Å². The lowest BCUT2D eigenvalue weighted by molar-refractivity contribution is -0.142. The summed E-state index contributed by atoms with van der Waals surface area (Å²) in [5.74, 6) is 0.898. The highest BCUT2D eigenvalue weighted by Gasteiger charge is 2.29. The Kier molecular flexibility index (Phi) is 3.67. The predicted molar refractivity (Wildman–Crippen MR) is 79.1 cm³/mol. The molecule has 1 atom stereocenters. The van der Waals surface area contributed by atoms with Gasteiger partial charge in [0.25, 0.3) is 0 Å². The Morgan fingerprint density at radius 3 is 3.15 bits per heavy atom. The lowest BCUT2D eigenvalue weighted by Gasteiger charge is -2.31. The Morgan fingerprint density at radius 1 is 1.50 bits per heavy atom. The van der Waals surface area contributed by atoms with E-state index in [0.29, 0.717) is 12.3 Å². The van der Waals surface area contributed by atoms with Gasteiger partial charge in [0.1, 0.15) is 11.7 Å². The zero-order chi connectivity index (χ0) is 14.1. The minimum absolute atomic E-state index is 0.403. The van der Waals surface area contributed by atoms with Crippen LogP contribution in [0.1, 0.15) is 11.3 Å².